The Labute approximate surface area is 185 Å². The van der Waals surface area contributed by atoms with Crippen molar-refractivity contribution in [2.45, 2.75) is 46.4 Å². The molecule has 2 aromatic carbocycles. The maximum atomic E-state index is 10.4. The van der Waals surface area contributed by atoms with Crippen LogP contribution in [0.25, 0.3) is 0 Å². The zero-order valence-electron chi connectivity index (χ0n) is 17.1. The normalized spacial score (nSPS) is 12.3. The average Bonchev–Trinajstić information content (AvgIpc) is 2.64. The Kier molecular flexibility index (Phi) is 10.9. The first-order valence-electron chi connectivity index (χ1n) is 9.50. The summed E-state index contributed by atoms with van der Waals surface area (Å²) >= 11 is 0. The number of aliphatic imine (C=N–C) groups is 1. The fourth-order valence-corrected chi connectivity index (χ4v) is 2.67. The minimum atomic E-state index is -0.624. The molecular formula is C22H32IN3O2. The minimum Gasteiger partial charge on any atom is -0.491 e. The van der Waals surface area contributed by atoms with Crippen molar-refractivity contribution in [3.05, 3.63) is 65.2 Å². The summed E-state index contributed by atoms with van der Waals surface area (Å²) in [7, 11) is 0. The van der Waals surface area contributed by atoms with E-state index < -0.39 is 6.10 Å². The van der Waals surface area contributed by atoms with Crippen LogP contribution in [0.1, 0.15) is 43.6 Å². The van der Waals surface area contributed by atoms with Gasteiger partial charge in [0.05, 0.1) is 18.8 Å². The van der Waals surface area contributed by atoms with Crippen molar-refractivity contribution < 1.29 is 9.84 Å². The van der Waals surface area contributed by atoms with Crippen molar-refractivity contribution >= 4 is 29.9 Å². The molecule has 0 saturated carbocycles. The Bertz CT molecular complexity index is 733. The second-order valence-corrected chi connectivity index (χ2v) is 6.82. The molecule has 2 rings (SSSR count). The molecule has 0 aliphatic carbocycles. The molecule has 0 saturated heterocycles. The van der Waals surface area contributed by atoms with Gasteiger partial charge in [0.2, 0.25) is 0 Å². The van der Waals surface area contributed by atoms with Gasteiger partial charge in [0.1, 0.15) is 5.75 Å². The van der Waals surface area contributed by atoms with E-state index in [1.165, 1.54) is 5.56 Å². The molecule has 2 aromatic rings. The molecule has 3 N–H and O–H groups in total. The molecule has 1 atom stereocenters. The SMILES string of the molecule is CCNC(=NCc1cccc(C)c1)NCC(O)c1ccc(OC(C)C)cc1.I. The van der Waals surface area contributed by atoms with Crippen LogP contribution in [0.4, 0.5) is 0 Å². The van der Waals surface area contributed by atoms with E-state index >= 15 is 0 Å². The standard InChI is InChI=1S/C22H31N3O2.HI/c1-5-23-22(24-14-18-8-6-7-17(4)13-18)25-15-21(26)19-9-11-20(12-10-19)27-16(2)3;/h6-13,16,21,26H,5,14-15H2,1-4H3,(H2,23,24,25);1H. The first-order valence-corrected chi connectivity index (χ1v) is 9.50. The van der Waals surface area contributed by atoms with E-state index in [9.17, 15) is 5.11 Å². The van der Waals surface area contributed by atoms with Crippen LogP contribution in [0.15, 0.2) is 53.5 Å². The molecule has 0 heterocycles. The summed E-state index contributed by atoms with van der Waals surface area (Å²) in [6.45, 7) is 9.81. The number of ether oxygens (including phenoxy) is 1. The summed E-state index contributed by atoms with van der Waals surface area (Å²) in [5, 5.41) is 16.9. The van der Waals surface area contributed by atoms with Gasteiger partial charge >= 0.3 is 0 Å². The lowest BCUT2D eigenvalue weighted by Crippen LogP contribution is -2.39. The lowest BCUT2D eigenvalue weighted by atomic mass is 10.1. The Balaban J connectivity index is 0.00000392. The van der Waals surface area contributed by atoms with Gasteiger partial charge < -0.3 is 20.5 Å². The topological polar surface area (TPSA) is 65.9 Å². The highest BCUT2D eigenvalue weighted by molar-refractivity contribution is 14.0. The van der Waals surface area contributed by atoms with Crippen molar-refractivity contribution in [3.8, 4) is 5.75 Å². The van der Waals surface area contributed by atoms with Gasteiger partial charge in [-0.05, 0) is 51.0 Å². The van der Waals surface area contributed by atoms with E-state index in [-0.39, 0.29) is 30.1 Å². The summed E-state index contributed by atoms with van der Waals surface area (Å²) in [5.41, 5.74) is 3.22. The minimum absolute atomic E-state index is 0. The summed E-state index contributed by atoms with van der Waals surface area (Å²) in [6, 6.07) is 15.9. The van der Waals surface area contributed by atoms with Gasteiger partial charge in [0.15, 0.2) is 5.96 Å². The van der Waals surface area contributed by atoms with E-state index in [0.717, 1.165) is 23.4 Å². The van der Waals surface area contributed by atoms with Crippen molar-refractivity contribution in [1.29, 1.82) is 0 Å². The fourth-order valence-electron chi connectivity index (χ4n) is 2.67. The number of rotatable bonds is 8. The first kappa shape index (κ1) is 24.2. The number of hydrogen-bond donors (Lipinski definition) is 3. The number of benzene rings is 2. The van der Waals surface area contributed by atoms with Gasteiger partial charge in [0, 0.05) is 13.1 Å². The number of halogens is 1. The lowest BCUT2D eigenvalue weighted by molar-refractivity contribution is 0.180. The van der Waals surface area contributed by atoms with Gasteiger partial charge in [-0.2, -0.15) is 0 Å². The van der Waals surface area contributed by atoms with Crippen molar-refractivity contribution in [1.82, 2.24) is 10.6 Å². The second-order valence-electron chi connectivity index (χ2n) is 6.82. The van der Waals surface area contributed by atoms with Gasteiger partial charge in [-0.15, -0.1) is 24.0 Å². The summed E-state index contributed by atoms with van der Waals surface area (Å²) in [4.78, 5) is 4.60. The highest BCUT2D eigenvalue weighted by Gasteiger charge is 2.09. The van der Waals surface area contributed by atoms with E-state index in [1.54, 1.807) is 0 Å². The van der Waals surface area contributed by atoms with Crippen LogP contribution in [-0.4, -0.2) is 30.3 Å². The van der Waals surface area contributed by atoms with Crippen LogP contribution in [0.2, 0.25) is 0 Å². The molecule has 0 bridgehead atoms. The number of guanidine groups is 1. The van der Waals surface area contributed by atoms with Gasteiger partial charge in [-0.25, -0.2) is 4.99 Å². The van der Waals surface area contributed by atoms with Crippen LogP contribution < -0.4 is 15.4 Å². The number of aryl methyl sites for hydroxylation is 1. The molecule has 154 valence electrons. The smallest absolute Gasteiger partial charge is 0.191 e. The monoisotopic (exact) mass is 497 g/mol. The van der Waals surface area contributed by atoms with Crippen LogP contribution in [-0.2, 0) is 6.54 Å². The van der Waals surface area contributed by atoms with Crippen LogP contribution >= 0.6 is 24.0 Å². The van der Waals surface area contributed by atoms with Crippen molar-refractivity contribution in [2.24, 2.45) is 4.99 Å². The zero-order chi connectivity index (χ0) is 19.6. The molecule has 5 nitrogen and oxygen atoms in total. The largest absolute Gasteiger partial charge is 0.491 e. The third kappa shape index (κ3) is 8.48. The Morgan fingerprint density at radius 1 is 1.11 bits per heavy atom. The number of hydrogen-bond acceptors (Lipinski definition) is 3. The van der Waals surface area contributed by atoms with Crippen LogP contribution in [0.3, 0.4) is 0 Å². The molecule has 0 aromatic heterocycles. The first-order chi connectivity index (χ1) is 13.0. The fraction of sp³-hybridized carbons (Fsp3) is 0.409. The maximum Gasteiger partial charge on any atom is 0.191 e. The summed E-state index contributed by atoms with van der Waals surface area (Å²) in [5.74, 6) is 1.50. The molecule has 0 amide bonds. The Morgan fingerprint density at radius 3 is 2.43 bits per heavy atom. The van der Waals surface area contributed by atoms with E-state index in [2.05, 4.69) is 40.7 Å². The molecule has 0 aliphatic rings. The maximum absolute atomic E-state index is 10.4. The van der Waals surface area contributed by atoms with Crippen LogP contribution in [0, 0.1) is 6.92 Å². The van der Waals surface area contributed by atoms with Crippen LogP contribution in [0.5, 0.6) is 5.75 Å². The highest BCUT2D eigenvalue weighted by Crippen LogP contribution is 2.18. The Morgan fingerprint density at radius 2 is 1.82 bits per heavy atom. The highest BCUT2D eigenvalue weighted by atomic mass is 127. The molecule has 0 radical (unpaired) electrons. The number of nitrogens with zero attached hydrogens (tertiary/aromatic N) is 1. The van der Waals surface area contributed by atoms with Gasteiger partial charge in [-0.1, -0.05) is 42.0 Å². The van der Waals surface area contributed by atoms with Gasteiger partial charge in [0.25, 0.3) is 0 Å². The molecule has 0 aliphatic heterocycles. The van der Waals surface area contributed by atoms with Crippen molar-refractivity contribution in [3.63, 3.8) is 0 Å². The molecular weight excluding hydrogens is 465 g/mol. The van der Waals surface area contributed by atoms with E-state index in [0.29, 0.717) is 19.0 Å². The lowest BCUT2D eigenvalue weighted by Gasteiger charge is -2.16. The predicted molar refractivity (Wildman–Crippen MR) is 127 cm³/mol. The van der Waals surface area contributed by atoms with E-state index in [1.807, 2.05) is 51.1 Å². The molecule has 0 spiro atoms. The molecule has 6 heteroatoms. The molecule has 1 unspecified atom stereocenters. The quantitative estimate of drug-likeness (QED) is 0.291. The number of nitrogens with one attached hydrogen (secondary N) is 2. The Hall–Kier alpha value is -1.80. The average molecular weight is 497 g/mol. The zero-order valence-corrected chi connectivity index (χ0v) is 19.4. The third-order valence-corrected chi connectivity index (χ3v) is 3.95. The number of aliphatic hydroxyl groups excluding tert-OH is 1. The third-order valence-electron chi connectivity index (χ3n) is 3.95. The molecule has 28 heavy (non-hydrogen) atoms. The van der Waals surface area contributed by atoms with Crippen molar-refractivity contribution in [2.75, 3.05) is 13.1 Å². The predicted octanol–water partition coefficient (Wildman–Crippen LogP) is 4.19. The number of aliphatic hydroxyl groups is 1. The summed E-state index contributed by atoms with van der Waals surface area (Å²) < 4.78 is 5.64. The summed E-state index contributed by atoms with van der Waals surface area (Å²) in [6.07, 6.45) is -0.490. The second kappa shape index (κ2) is 12.6. The molecule has 0 fully saturated rings. The van der Waals surface area contributed by atoms with Gasteiger partial charge in [-0.3, -0.25) is 0 Å². The van der Waals surface area contributed by atoms with E-state index in [4.69, 9.17) is 4.74 Å².